The standard InChI is InChI=1S/C21H23N3O3S/c1-3-4-10-23(16-8-5-7-15(2)12-16)19(25)18-13-22-21(27)24(20(18)26)14-17-9-6-11-28-17/h5-9,11-13H,3-4,10,14H2,1-2H3,(H,22,27). The molecule has 0 aliphatic carbocycles. The van der Waals surface area contributed by atoms with Gasteiger partial charge in [-0.25, -0.2) is 4.79 Å². The summed E-state index contributed by atoms with van der Waals surface area (Å²) in [4.78, 5) is 43.4. The number of amides is 1. The van der Waals surface area contributed by atoms with E-state index in [1.54, 1.807) is 4.90 Å². The Morgan fingerprint density at radius 3 is 2.71 bits per heavy atom. The lowest BCUT2D eigenvalue weighted by Gasteiger charge is -2.23. The van der Waals surface area contributed by atoms with E-state index in [2.05, 4.69) is 4.98 Å². The third kappa shape index (κ3) is 4.31. The van der Waals surface area contributed by atoms with E-state index in [0.717, 1.165) is 33.5 Å². The molecule has 3 rings (SSSR count). The highest BCUT2D eigenvalue weighted by atomic mass is 32.1. The van der Waals surface area contributed by atoms with Gasteiger partial charge < -0.3 is 9.88 Å². The summed E-state index contributed by atoms with van der Waals surface area (Å²) in [6.45, 7) is 4.65. The van der Waals surface area contributed by atoms with Gasteiger partial charge in [0.25, 0.3) is 11.5 Å². The number of carbonyl (C=O) groups is 1. The minimum Gasteiger partial charge on any atom is -0.313 e. The third-order valence-electron chi connectivity index (χ3n) is 4.48. The monoisotopic (exact) mass is 397 g/mol. The molecule has 0 unspecified atom stereocenters. The van der Waals surface area contributed by atoms with E-state index >= 15 is 0 Å². The smallest absolute Gasteiger partial charge is 0.313 e. The largest absolute Gasteiger partial charge is 0.328 e. The molecule has 0 aliphatic rings. The van der Waals surface area contributed by atoms with Crippen molar-refractivity contribution in [1.82, 2.24) is 9.55 Å². The van der Waals surface area contributed by atoms with Crippen molar-refractivity contribution in [2.45, 2.75) is 33.2 Å². The summed E-state index contributed by atoms with van der Waals surface area (Å²) in [5, 5.41) is 1.88. The Morgan fingerprint density at radius 1 is 1.21 bits per heavy atom. The molecule has 2 aromatic heterocycles. The molecule has 28 heavy (non-hydrogen) atoms. The highest BCUT2D eigenvalue weighted by Gasteiger charge is 2.22. The number of thiophene rings is 1. The van der Waals surface area contributed by atoms with Crippen LogP contribution in [0.2, 0.25) is 0 Å². The average molecular weight is 398 g/mol. The quantitative estimate of drug-likeness (QED) is 0.664. The number of aromatic nitrogens is 2. The Labute approximate surface area is 167 Å². The zero-order chi connectivity index (χ0) is 20.1. The van der Waals surface area contributed by atoms with Gasteiger partial charge in [-0.2, -0.15) is 0 Å². The molecule has 3 aromatic rings. The van der Waals surface area contributed by atoms with Gasteiger partial charge in [0.2, 0.25) is 0 Å². The molecule has 7 heteroatoms. The normalized spacial score (nSPS) is 10.8. The lowest BCUT2D eigenvalue weighted by atomic mass is 10.1. The second-order valence-corrected chi connectivity index (χ2v) is 7.66. The first-order valence-corrected chi connectivity index (χ1v) is 10.1. The van der Waals surface area contributed by atoms with E-state index in [-0.39, 0.29) is 12.1 Å². The summed E-state index contributed by atoms with van der Waals surface area (Å²) in [6.07, 6.45) is 2.96. The predicted molar refractivity (Wildman–Crippen MR) is 113 cm³/mol. The fourth-order valence-corrected chi connectivity index (χ4v) is 3.66. The number of H-pyrrole nitrogens is 1. The van der Waals surface area contributed by atoms with Gasteiger partial charge in [-0.3, -0.25) is 14.2 Å². The van der Waals surface area contributed by atoms with Gasteiger partial charge in [0.1, 0.15) is 5.56 Å². The van der Waals surface area contributed by atoms with Crippen LogP contribution in [0.4, 0.5) is 5.69 Å². The molecule has 1 amide bonds. The Hall–Kier alpha value is -2.93. The van der Waals surface area contributed by atoms with Crippen molar-refractivity contribution in [3.05, 3.63) is 84.8 Å². The fraction of sp³-hybridized carbons (Fsp3) is 0.286. The second kappa shape index (κ2) is 8.84. The van der Waals surface area contributed by atoms with Crippen LogP contribution in [0.15, 0.2) is 57.6 Å². The van der Waals surface area contributed by atoms with Crippen LogP contribution in [0.25, 0.3) is 0 Å². The Kier molecular flexibility index (Phi) is 6.26. The van der Waals surface area contributed by atoms with Gasteiger partial charge >= 0.3 is 5.69 Å². The zero-order valence-corrected chi connectivity index (χ0v) is 16.8. The van der Waals surface area contributed by atoms with Crippen LogP contribution in [0.5, 0.6) is 0 Å². The molecule has 0 aliphatic heterocycles. The first-order chi connectivity index (χ1) is 13.5. The summed E-state index contributed by atoms with van der Waals surface area (Å²) in [5.41, 5.74) is 0.646. The number of rotatable bonds is 7. The van der Waals surface area contributed by atoms with E-state index in [4.69, 9.17) is 0 Å². The van der Waals surface area contributed by atoms with Crippen molar-refractivity contribution in [3.8, 4) is 0 Å². The Balaban J connectivity index is 2.01. The van der Waals surface area contributed by atoms with Gasteiger partial charge in [0.15, 0.2) is 0 Å². The van der Waals surface area contributed by atoms with E-state index in [9.17, 15) is 14.4 Å². The molecule has 0 bridgehead atoms. The summed E-state index contributed by atoms with van der Waals surface area (Å²) in [7, 11) is 0. The molecule has 0 saturated carbocycles. The molecular weight excluding hydrogens is 374 g/mol. The molecule has 0 atom stereocenters. The Bertz CT molecular complexity index is 1070. The van der Waals surface area contributed by atoms with Crippen molar-refractivity contribution in [2.75, 3.05) is 11.4 Å². The fourth-order valence-electron chi connectivity index (χ4n) is 2.97. The van der Waals surface area contributed by atoms with Crippen molar-refractivity contribution < 1.29 is 4.79 Å². The minimum atomic E-state index is -0.573. The average Bonchev–Trinajstić information content (AvgIpc) is 3.18. The molecule has 2 heterocycles. The van der Waals surface area contributed by atoms with Crippen molar-refractivity contribution in [3.63, 3.8) is 0 Å². The third-order valence-corrected chi connectivity index (χ3v) is 5.34. The first kappa shape index (κ1) is 19.8. The molecule has 1 aromatic carbocycles. The number of hydrogen-bond acceptors (Lipinski definition) is 4. The zero-order valence-electron chi connectivity index (χ0n) is 16.0. The van der Waals surface area contributed by atoms with Crippen molar-refractivity contribution in [2.24, 2.45) is 0 Å². The van der Waals surface area contributed by atoms with E-state index in [1.165, 1.54) is 17.5 Å². The van der Waals surface area contributed by atoms with Crippen LogP contribution in [-0.4, -0.2) is 22.0 Å². The van der Waals surface area contributed by atoms with Gasteiger partial charge in [-0.15, -0.1) is 11.3 Å². The number of nitrogens with one attached hydrogen (secondary N) is 1. The van der Waals surface area contributed by atoms with Crippen LogP contribution < -0.4 is 16.1 Å². The SMILES string of the molecule is CCCCN(C(=O)c1c[nH]c(=O)n(Cc2cccs2)c1=O)c1cccc(C)c1. The van der Waals surface area contributed by atoms with Crippen LogP contribution >= 0.6 is 11.3 Å². The molecular formula is C21H23N3O3S. The number of anilines is 1. The van der Waals surface area contributed by atoms with Gasteiger partial charge in [0.05, 0.1) is 6.54 Å². The van der Waals surface area contributed by atoms with E-state index < -0.39 is 17.2 Å². The highest BCUT2D eigenvalue weighted by Crippen LogP contribution is 2.18. The highest BCUT2D eigenvalue weighted by molar-refractivity contribution is 7.09. The van der Waals surface area contributed by atoms with Crippen molar-refractivity contribution >= 4 is 22.9 Å². The van der Waals surface area contributed by atoms with Gasteiger partial charge in [-0.1, -0.05) is 31.5 Å². The summed E-state index contributed by atoms with van der Waals surface area (Å²) in [6, 6.07) is 11.3. The molecule has 0 radical (unpaired) electrons. The lowest BCUT2D eigenvalue weighted by molar-refractivity contribution is 0.0984. The van der Waals surface area contributed by atoms with Gasteiger partial charge in [0, 0.05) is 23.3 Å². The van der Waals surface area contributed by atoms with Crippen LogP contribution in [0.1, 0.15) is 40.6 Å². The number of benzene rings is 1. The molecule has 0 spiro atoms. The minimum absolute atomic E-state index is 0.0336. The molecule has 146 valence electrons. The number of hydrogen-bond donors (Lipinski definition) is 1. The molecule has 0 saturated heterocycles. The number of aromatic amines is 1. The number of unbranched alkanes of at least 4 members (excludes halogenated alkanes) is 1. The lowest BCUT2D eigenvalue weighted by Crippen LogP contribution is -2.42. The predicted octanol–water partition coefficient (Wildman–Crippen LogP) is 3.40. The summed E-state index contributed by atoms with van der Waals surface area (Å²) < 4.78 is 1.08. The van der Waals surface area contributed by atoms with Crippen molar-refractivity contribution in [1.29, 1.82) is 0 Å². The number of nitrogens with zero attached hydrogens (tertiary/aromatic N) is 2. The van der Waals surface area contributed by atoms with E-state index in [0.29, 0.717) is 6.54 Å². The molecule has 6 nitrogen and oxygen atoms in total. The first-order valence-electron chi connectivity index (χ1n) is 9.24. The number of carbonyl (C=O) groups excluding carboxylic acids is 1. The number of aryl methyl sites for hydroxylation is 1. The summed E-state index contributed by atoms with van der Waals surface area (Å²) in [5.74, 6) is -0.403. The maximum Gasteiger partial charge on any atom is 0.328 e. The van der Waals surface area contributed by atoms with Crippen LogP contribution in [0, 0.1) is 6.92 Å². The maximum atomic E-state index is 13.2. The topological polar surface area (TPSA) is 75.2 Å². The van der Waals surface area contributed by atoms with Crippen LogP contribution in [-0.2, 0) is 6.54 Å². The maximum absolute atomic E-state index is 13.2. The molecule has 1 N–H and O–H groups in total. The van der Waals surface area contributed by atoms with E-state index in [1.807, 2.05) is 55.6 Å². The summed E-state index contributed by atoms with van der Waals surface area (Å²) >= 11 is 1.46. The Morgan fingerprint density at radius 2 is 2.04 bits per heavy atom. The second-order valence-electron chi connectivity index (χ2n) is 6.63. The van der Waals surface area contributed by atoms with Gasteiger partial charge in [-0.05, 0) is 42.5 Å². The molecule has 0 fully saturated rings. The van der Waals surface area contributed by atoms with Crippen LogP contribution in [0.3, 0.4) is 0 Å².